The first-order valence-corrected chi connectivity index (χ1v) is 6.28. The molecule has 0 radical (unpaired) electrons. The molecule has 1 fully saturated rings. The first-order chi connectivity index (χ1) is 9.08. The molecule has 1 saturated heterocycles. The largest absolute Gasteiger partial charge is 0.480 e. The standard InChI is InChI=1S/C14H17NO4/c1-10-7-12(13(16)17)15(8-10)14(18)19-9-11-5-3-2-4-6-11/h2-6,10,12H,7-9H2,1H3,(H,16,17)/t10-,12-/m1/s1. The predicted molar refractivity (Wildman–Crippen MR) is 68.5 cm³/mol. The molecule has 5 nitrogen and oxygen atoms in total. The van der Waals surface area contributed by atoms with Gasteiger partial charge in [-0.3, -0.25) is 4.90 Å². The van der Waals surface area contributed by atoms with E-state index in [0.717, 1.165) is 5.56 Å². The fourth-order valence-corrected chi connectivity index (χ4v) is 2.28. The monoisotopic (exact) mass is 263 g/mol. The number of hydrogen-bond donors (Lipinski definition) is 1. The zero-order valence-corrected chi connectivity index (χ0v) is 10.8. The van der Waals surface area contributed by atoms with Crippen LogP contribution in [0.5, 0.6) is 0 Å². The molecule has 0 bridgehead atoms. The molecule has 0 aliphatic carbocycles. The molecule has 1 N–H and O–H groups in total. The van der Waals surface area contributed by atoms with E-state index in [1.807, 2.05) is 37.3 Å². The fraction of sp³-hybridized carbons (Fsp3) is 0.429. The van der Waals surface area contributed by atoms with Gasteiger partial charge in [0.2, 0.25) is 0 Å². The van der Waals surface area contributed by atoms with Crippen LogP contribution in [0, 0.1) is 5.92 Å². The molecule has 0 aromatic heterocycles. The number of hydrogen-bond acceptors (Lipinski definition) is 3. The highest BCUT2D eigenvalue weighted by Crippen LogP contribution is 2.24. The number of rotatable bonds is 3. The summed E-state index contributed by atoms with van der Waals surface area (Å²) < 4.78 is 5.16. The molecule has 19 heavy (non-hydrogen) atoms. The van der Waals surface area contributed by atoms with Gasteiger partial charge in [-0.05, 0) is 17.9 Å². The van der Waals surface area contributed by atoms with Crippen LogP contribution in [-0.4, -0.2) is 34.7 Å². The number of ether oxygens (including phenoxy) is 1. The summed E-state index contributed by atoms with van der Waals surface area (Å²) >= 11 is 0. The third-order valence-corrected chi connectivity index (χ3v) is 3.23. The molecule has 2 atom stereocenters. The van der Waals surface area contributed by atoms with Crippen molar-refractivity contribution in [1.82, 2.24) is 4.90 Å². The quantitative estimate of drug-likeness (QED) is 0.907. The molecule has 1 amide bonds. The topological polar surface area (TPSA) is 66.8 Å². The van der Waals surface area contributed by atoms with Gasteiger partial charge < -0.3 is 9.84 Å². The van der Waals surface area contributed by atoms with Gasteiger partial charge in [0.15, 0.2) is 0 Å². The highest BCUT2D eigenvalue weighted by Gasteiger charge is 2.38. The van der Waals surface area contributed by atoms with Gasteiger partial charge in [0.25, 0.3) is 0 Å². The van der Waals surface area contributed by atoms with Crippen molar-refractivity contribution in [3.8, 4) is 0 Å². The Hall–Kier alpha value is -2.04. The maximum Gasteiger partial charge on any atom is 0.410 e. The summed E-state index contributed by atoms with van der Waals surface area (Å²) in [6, 6.07) is 8.55. The van der Waals surface area contributed by atoms with Crippen LogP contribution in [0.4, 0.5) is 4.79 Å². The second-order valence-corrected chi connectivity index (χ2v) is 4.89. The van der Waals surface area contributed by atoms with Crippen LogP contribution in [0.1, 0.15) is 18.9 Å². The number of amides is 1. The number of benzene rings is 1. The SMILES string of the molecule is C[C@@H]1C[C@H](C(=O)O)N(C(=O)OCc2ccccc2)C1. The summed E-state index contributed by atoms with van der Waals surface area (Å²) in [5, 5.41) is 9.09. The molecule has 1 aromatic rings. The van der Waals surface area contributed by atoms with Crippen LogP contribution in [0.2, 0.25) is 0 Å². The Morgan fingerprint density at radius 1 is 1.37 bits per heavy atom. The third-order valence-electron chi connectivity index (χ3n) is 3.23. The number of likely N-dealkylation sites (tertiary alicyclic amines) is 1. The Bertz CT molecular complexity index is 460. The average molecular weight is 263 g/mol. The van der Waals surface area contributed by atoms with Crippen molar-refractivity contribution in [1.29, 1.82) is 0 Å². The highest BCUT2D eigenvalue weighted by molar-refractivity contribution is 5.80. The number of carboxylic acid groups (broad SMARTS) is 1. The molecule has 0 spiro atoms. The van der Waals surface area contributed by atoms with Crippen LogP contribution in [-0.2, 0) is 16.1 Å². The predicted octanol–water partition coefficient (Wildman–Crippen LogP) is 2.12. The van der Waals surface area contributed by atoms with Crippen LogP contribution in [0.15, 0.2) is 30.3 Å². The summed E-state index contributed by atoms with van der Waals surface area (Å²) in [5.41, 5.74) is 0.884. The molecule has 5 heteroatoms. The fourth-order valence-electron chi connectivity index (χ4n) is 2.28. The van der Waals surface area contributed by atoms with Crippen LogP contribution in [0.25, 0.3) is 0 Å². The lowest BCUT2D eigenvalue weighted by Crippen LogP contribution is -2.40. The molecule has 2 rings (SSSR count). The van der Waals surface area contributed by atoms with E-state index in [4.69, 9.17) is 9.84 Å². The molecule has 1 aliphatic rings. The van der Waals surface area contributed by atoms with Gasteiger partial charge in [0.1, 0.15) is 12.6 Å². The maximum atomic E-state index is 11.9. The van der Waals surface area contributed by atoms with E-state index in [-0.39, 0.29) is 12.5 Å². The lowest BCUT2D eigenvalue weighted by Gasteiger charge is -2.20. The van der Waals surface area contributed by atoms with Crippen molar-refractivity contribution in [2.24, 2.45) is 5.92 Å². The lowest BCUT2D eigenvalue weighted by molar-refractivity contribution is -0.141. The van der Waals surface area contributed by atoms with Crippen molar-refractivity contribution < 1.29 is 19.4 Å². The molecule has 1 aliphatic heterocycles. The summed E-state index contributed by atoms with van der Waals surface area (Å²) in [4.78, 5) is 24.3. The van der Waals surface area contributed by atoms with Crippen molar-refractivity contribution in [3.05, 3.63) is 35.9 Å². The zero-order valence-electron chi connectivity index (χ0n) is 10.8. The highest BCUT2D eigenvalue weighted by atomic mass is 16.6. The Morgan fingerprint density at radius 2 is 2.05 bits per heavy atom. The summed E-state index contributed by atoms with van der Waals surface area (Å²) in [7, 11) is 0. The third kappa shape index (κ3) is 3.24. The van der Waals surface area contributed by atoms with Crippen molar-refractivity contribution >= 4 is 12.1 Å². The summed E-state index contributed by atoms with van der Waals surface area (Å²) in [6.07, 6.45) is -0.0731. The van der Waals surface area contributed by atoms with E-state index < -0.39 is 18.1 Å². The first-order valence-electron chi connectivity index (χ1n) is 6.28. The minimum absolute atomic E-state index is 0.164. The van der Waals surface area contributed by atoms with Crippen molar-refractivity contribution in [2.75, 3.05) is 6.54 Å². The summed E-state index contributed by atoms with van der Waals surface area (Å²) in [6.45, 7) is 2.53. The average Bonchev–Trinajstić information content (AvgIpc) is 2.79. The summed E-state index contributed by atoms with van der Waals surface area (Å²) in [5.74, 6) is -0.786. The minimum Gasteiger partial charge on any atom is -0.480 e. The number of carboxylic acids is 1. The second-order valence-electron chi connectivity index (χ2n) is 4.89. The van der Waals surface area contributed by atoms with E-state index in [9.17, 15) is 9.59 Å². The minimum atomic E-state index is -0.971. The first kappa shape index (κ1) is 13.4. The van der Waals surface area contributed by atoms with Crippen LogP contribution < -0.4 is 0 Å². The molecular weight excluding hydrogens is 246 g/mol. The van der Waals surface area contributed by atoms with Gasteiger partial charge in [-0.2, -0.15) is 0 Å². The van der Waals surface area contributed by atoms with Gasteiger partial charge in [-0.15, -0.1) is 0 Å². The number of carbonyl (C=O) groups is 2. The second kappa shape index (κ2) is 5.73. The number of aliphatic carboxylic acids is 1. The van der Waals surface area contributed by atoms with Gasteiger partial charge in [-0.25, -0.2) is 9.59 Å². The Labute approximate surface area is 111 Å². The molecule has 0 unspecified atom stereocenters. The van der Waals surface area contributed by atoms with Gasteiger partial charge >= 0.3 is 12.1 Å². The molecule has 102 valence electrons. The smallest absolute Gasteiger partial charge is 0.410 e. The van der Waals surface area contributed by atoms with Gasteiger partial charge in [-0.1, -0.05) is 37.3 Å². The van der Waals surface area contributed by atoms with Gasteiger partial charge in [0, 0.05) is 6.54 Å². The number of carbonyl (C=O) groups excluding carboxylic acids is 1. The van der Waals surface area contributed by atoms with Gasteiger partial charge in [0.05, 0.1) is 0 Å². The van der Waals surface area contributed by atoms with Crippen molar-refractivity contribution in [3.63, 3.8) is 0 Å². The normalized spacial score (nSPS) is 22.3. The maximum absolute atomic E-state index is 11.9. The Kier molecular flexibility index (Phi) is 4.04. The van der Waals surface area contributed by atoms with E-state index in [2.05, 4.69) is 0 Å². The molecule has 1 heterocycles. The van der Waals surface area contributed by atoms with E-state index in [1.54, 1.807) is 0 Å². The van der Waals surface area contributed by atoms with E-state index >= 15 is 0 Å². The number of nitrogens with zero attached hydrogens (tertiary/aromatic N) is 1. The van der Waals surface area contributed by atoms with E-state index in [1.165, 1.54) is 4.90 Å². The Balaban J connectivity index is 1.94. The van der Waals surface area contributed by atoms with Crippen LogP contribution >= 0.6 is 0 Å². The van der Waals surface area contributed by atoms with Crippen LogP contribution in [0.3, 0.4) is 0 Å². The zero-order chi connectivity index (χ0) is 13.8. The van der Waals surface area contributed by atoms with Crippen molar-refractivity contribution in [2.45, 2.75) is 26.0 Å². The lowest BCUT2D eigenvalue weighted by atomic mass is 10.1. The molecule has 0 saturated carbocycles. The Morgan fingerprint density at radius 3 is 2.68 bits per heavy atom. The van der Waals surface area contributed by atoms with E-state index in [0.29, 0.717) is 13.0 Å². The molecular formula is C14H17NO4. The molecule has 1 aromatic carbocycles.